The summed E-state index contributed by atoms with van der Waals surface area (Å²) in [5.74, 6) is -1.75. The number of unbranched alkanes of at least 4 members (excludes halogenated alkanes) is 13. The van der Waals surface area contributed by atoms with Crippen molar-refractivity contribution in [1.82, 2.24) is 0 Å². The molecule has 0 spiro atoms. The van der Waals surface area contributed by atoms with Crippen LogP contribution >= 0.6 is 0 Å². The second-order valence-corrected chi connectivity index (χ2v) is 7.79. The number of carboxylic acid groups (broad SMARTS) is 1. The van der Waals surface area contributed by atoms with Crippen molar-refractivity contribution >= 4 is 11.9 Å². The van der Waals surface area contributed by atoms with Crippen LogP contribution in [0, 0.1) is 0 Å². The average molecular weight is 406 g/mol. The Labute approximate surface area is 176 Å². The number of rotatable bonds is 18. The lowest BCUT2D eigenvalue weighted by molar-refractivity contribution is 0.0687. The Morgan fingerprint density at radius 1 is 0.828 bits per heavy atom. The van der Waals surface area contributed by atoms with Crippen molar-refractivity contribution in [3.8, 4) is 5.75 Å². The maximum absolute atomic E-state index is 11.4. The molecule has 5 heteroatoms. The number of hydrogen-bond acceptors (Lipinski definition) is 3. The lowest BCUT2D eigenvalue weighted by Crippen LogP contribution is -2.17. The molecule has 1 aromatic rings. The highest BCUT2D eigenvalue weighted by Gasteiger charge is 2.19. The molecule has 0 unspecified atom stereocenters. The standard InChI is InChI=1S/C24H39NO4/c1-2-3-4-5-6-7-8-9-10-11-12-13-14-15-19-29-21-18-16-17-20(23(25)26)22(21)24(27)28/h16-18H,2-15,19H2,1H3,(H2,25,26)(H,27,28). The first-order valence-electron chi connectivity index (χ1n) is 11.4. The molecular weight excluding hydrogens is 366 g/mol. The Kier molecular flexibility index (Phi) is 13.6. The fraction of sp³-hybridized carbons (Fsp3) is 0.667. The van der Waals surface area contributed by atoms with Gasteiger partial charge in [-0.2, -0.15) is 0 Å². The van der Waals surface area contributed by atoms with E-state index in [4.69, 9.17) is 10.5 Å². The van der Waals surface area contributed by atoms with Gasteiger partial charge in [-0.3, -0.25) is 4.79 Å². The fourth-order valence-electron chi connectivity index (χ4n) is 3.56. The van der Waals surface area contributed by atoms with Gasteiger partial charge in [0.1, 0.15) is 11.3 Å². The van der Waals surface area contributed by atoms with Crippen LogP contribution < -0.4 is 10.5 Å². The van der Waals surface area contributed by atoms with Gasteiger partial charge in [0.15, 0.2) is 0 Å². The molecular formula is C24H39NO4. The van der Waals surface area contributed by atoms with Crippen LogP contribution in [0.5, 0.6) is 5.75 Å². The van der Waals surface area contributed by atoms with Gasteiger partial charge in [-0.1, -0.05) is 96.5 Å². The van der Waals surface area contributed by atoms with Crippen molar-refractivity contribution < 1.29 is 19.4 Å². The van der Waals surface area contributed by atoms with E-state index in [1.807, 2.05) is 0 Å². The topological polar surface area (TPSA) is 89.6 Å². The lowest BCUT2D eigenvalue weighted by Gasteiger charge is -2.11. The van der Waals surface area contributed by atoms with Gasteiger partial charge in [0.2, 0.25) is 5.91 Å². The third-order valence-corrected chi connectivity index (χ3v) is 5.26. The van der Waals surface area contributed by atoms with Crippen LogP contribution in [0.4, 0.5) is 0 Å². The predicted molar refractivity (Wildman–Crippen MR) is 118 cm³/mol. The van der Waals surface area contributed by atoms with E-state index in [0.717, 1.165) is 12.8 Å². The molecule has 0 aliphatic carbocycles. The highest BCUT2D eigenvalue weighted by Crippen LogP contribution is 2.23. The Balaban J connectivity index is 2.06. The summed E-state index contributed by atoms with van der Waals surface area (Å²) in [4.78, 5) is 22.8. The molecule has 1 rings (SSSR count). The molecule has 0 atom stereocenters. The Bertz CT molecular complexity index is 601. The summed E-state index contributed by atoms with van der Waals surface area (Å²) in [5, 5.41) is 9.33. The first-order chi connectivity index (χ1) is 14.1. The van der Waals surface area contributed by atoms with E-state index in [2.05, 4.69) is 6.92 Å². The quantitative estimate of drug-likeness (QED) is 0.279. The Morgan fingerprint density at radius 2 is 1.31 bits per heavy atom. The summed E-state index contributed by atoms with van der Waals surface area (Å²) in [6, 6.07) is 4.57. The minimum atomic E-state index is -1.20. The number of primary amides is 1. The maximum atomic E-state index is 11.4. The van der Waals surface area contributed by atoms with Gasteiger partial charge in [-0.15, -0.1) is 0 Å². The van der Waals surface area contributed by atoms with Crippen molar-refractivity contribution in [2.45, 2.75) is 96.8 Å². The zero-order valence-corrected chi connectivity index (χ0v) is 18.1. The van der Waals surface area contributed by atoms with E-state index in [1.165, 1.54) is 83.1 Å². The van der Waals surface area contributed by atoms with E-state index in [9.17, 15) is 14.7 Å². The molecule has 1 aromatic carbocycles. The van der Waals surface area contributed by atoms with Gasteiger partial charge >= 0.3 is 5.97 Å². The van der Waals surface area contributed by atoms with E-state index in [-0.39, 0.29) is 16.9 Å². The van der Waals surface area contributed by atoms with Crippen molar-refractivity contribution in [3.63, 3.8) is 0 Å². The number of carboxylic acids is 1. The van der Waals surface area contributed by atoms with Crippen molar-refractivity contribution in [2.24, 2.45) is 5.73 Å². The summed E-state index contributed by atoms with van der Waals surface area (Å²) >= 11 is 0. The summed E-state index contributed by atoms with van der Waals surface area (Å²) in [5.41, 5.74) is 5.08. The predicted octanol–water partition coefficient (Wildman–Crippen LogP) is 6.34. The fourth-order valence-corrected chi connectivity index (χ4v) is 3.56. The molecule has 0 heterocycles. The van der Waals surface area contributed by atoms with E-state index in [1.54, 1.807) is 12.1 Å². The molecule has 0 bridgehead atoms. The van der Waals surface area contributed by atoms with Crippen molar-refractivity contribution in [1.29, 1.82) is 0 Å². The second-order valence-electron chi connectivity index (χ2n) is 7.79. The molecule has 0 saturated carbocycles. The molecule has 0 saturated heterocycles. The van der Waals surface area contributed by atoms with E-state index < -0.39 is 11.9 Å². The second kappa shape index (κ2) is 15.8. The summed E-state index contributed by atoms with van der Waals surface area (Å²) in [6.07, 6.45) is 18.0. The molecule has 0 aliphatic heterocycles. The first-order valence-corrected chi connectivity index (χ1v) is 11.4. The number of nitrogens with two attached hydrogens (primary N) is 1. The average Bonchev–Trinajstić information content (AvgIpc) is 2.70. The minimum Gasteiger partial charge on any atom is -0.493 e. The summed E-state index contributed by atoms with van der Waals surface area (Å²) < 4.78 is 5.61. The highest BCUT2D eigenvalue weighted by molar-refractivity contribution is 6.05. The number of carbonyl (C=O) groups excluding carboxylic acids is 1. The van der Waals surface area contributed by atoms with Gasteiger partial charge in [0, 0.05) is 0 Å². The highest BCUT2D eigenvalue weighted by atomic mass is 16.5. The monoisotopic (exact) mass is 405 g/mol. The molecule has 1 amide bonds. The molecule has 29 heavy (non-hydrogen) atoms. The van der Waals surface area contributed by atoms with Crippen molar-refractivity contribution in [2.75, 3.05) is 6.61 Å². The normalized spacial score (nSPS) is 10.8. The number of aromatic carboxylic acids is 1. The number of ether oxygens (including phenoxy) is 1. The third kappa shape index (κ3) is 10.9. The molecule has 0 aromatic heterocycles. The third-order valence-electron chi connectivity index (χ3n) is 5.26. The number of benzene rings is 1. The van der Waals surface area contributed by atoms with Crippen LogP contribution in [0.15, 0.2) is 18.2 Å². The maximum Gasteiger partial charge on any atom is 0.340 e. The minimum absolute atomic E-state index is 0.0176. The lowest BCUT2D eigenvalue weighted by atomic mass is 10.0. The Morgan fingerprint density at radius 3 is 1.76 bits per heavy atom. The number of hydrogen-bond donors (Lipinski definition) is 2. The Hall–Kier alpha value is -2.04. The van der Waals surface area contributed by atoms with Crippen LogP contribution in [0.1, 0.15) is 118 Å². The molecule has 0 fully saturated rings. The van der Waals surface area contributed by atoms with E-state index in [0.29, 0.717) is 6.61 Å². The molecule has 0 radical (unpaired) electrons. The van der Waals surface area contributed by atoms with Crippen molar-refractivity contribution in [3.05, 3.63) is 29.3 Å². The molecule has 164 valence electrons. The zero-order chi connectivity index (χ0) is 21.3. The first kappa shape index (κ1) is 25.0. The number of carbonyl (C=O) groups is 2. The largest absolute Gasteiger partial charge is 0.493 e. The SMILES string of the molecule is CCCCCCCCCCCCCCCCOc1cccc(C(N)=O)c1C(=O)O. The summed E-state index contributed by atoms with van der Waals surface area (Å²) in [6.45, 7) is 2.70. The molecule has 0 aliphatic rings. The van der Waals surface area contributed by atoms with Crippen LogP contribution in [-0.2, 0) is 0 Å². The molecule has 5 nitrogen and oxygen atoms in total. The van der Waals surface area contributed by atoms with E-state index >= 15 is 0 Å². The number of amides is 1. The van der Waals surface area contributed by atoms with Crippen LogP contribution in [0.3, 0.4) is 0 Å². The van der Waals surface area contributed by atoms with Gasteiger partial charge in [-0.25, -0.2) is 4.79 Å². The van der Waals surface area contributed by atoms with Gasteiger partial charge in [0.05, 0.1) is 12.2 Å². The van der Waals surface area contributed by atoms with Gasteiger partial charge in [0.25, 0.3) is 0 Å². The molecule has 3 N–H and O–H groups in total. The van der Waals surface area contributed by atoms with Crippen LogP contribution in [0.25, 0.3) is 0 Å². The van der Waals surface area contributed by atoms with Gasteiger partial charge in [-0.05, 0) is 18.6 Å². The zero-order valence-electron chi connectivity index (χ0n) is 18.1. The smallest absolute Gasteiger partial charge is 0.340 e. The van der Waals surface area contributed by atoms with Crippen LogP contribution in [-0.4, -0.2) is 23.6 Å². The summed E-state index contributed by atoms with van der Waals surface area (Å²) in [7, 11) is 0. The van der Waals surface area contributed by atoms with Gasteiger partial charge < -0.3 is 15.6 Å². The van der Waals surface area contributed by atoms with Crippen LogP contribution in [0.2, 0.25) is 0 Å².